The van der Waals surface area contributed by atoms with E-state index in [-0.39, 0.29) is 25.2 Å². The van der Waals surface area contributed by atoms with Crippen molar-refractivity contribution in [3.63, 3.8) is 0 Å². The monoisotopic (exact) mass is 284 g/mol. The Kier molecular flexibility index (Phi) is 6.47. The predicted octanol–water partition coefficient (Wildman–Crippen LogP) is -0.486. The van der Waals surface area contributed by atoms with Crippen molar-refractivity contribution in [1.29, 1.82) is 0 Å². The summed E-state index contributed by atoms with van der Waals surface area (Å²) in [7, 11) is 4.08. The van der Waals surface area contributed by atoms with Crippen molar-refractivity contribution in [1.82, 2.24) is 20.0 Å². The molecule has 0 aliphatic carbocycles. The van der Waals surface area contributed by atoms with Crippen LogP contribution < -0.4 is 5.32 Å². The third-order valence-electron chi connectivity index (χ3n) is 3.43. The van der Waals surface area contributed by atoms with Crippen molar-refractivity contribution in [2.24, 2.45) is 0 Å². The third kappa shape index (κ3) is 5.18. The van der Waals surface area contributed by atoms with Gasteiger partial charge in [0.15, 0.2) is 0 Å². The molecule has 0 saturated carbocycles. The maximum atomic E-state index is 12.0. The molecule has 0 bridgehead atoms. The fourth-order valence-corrected chi connectivity index (χ4v) is 2.18. The van der Waals surface area contributed by atoms with E-state index in [4.69, 9.17) is 5.11 Å². The number of hydrogen-bond acceptors (Lipinski definition) is 4. The summed E-state index contributed by atoms with van der Waals surface area (Å²) in [5, 5.41) is 11.6. The van der Waals surface area contributed by atoms with E-state index in [1.54, 1.807) is 0 Å². The second-order valence-corrected chi connectivity index (χ2v) is 5.15. The zero-order chi connectivity index (χ0) is 15.1. The van der Waals surface area contributed by atoms with Crippen molar-refractivity contribution in [2.45, 2.75) is 6.04 Å². The van der Waals surface area contributed by atoms with E-state index >= 15 is 0 Å². The van der Waals surface area contributed by atoms with Crippen LogP contribution in [0.15, 0.2) is 12.7 Å². The molecule has 0 radical (unpaired) electrons. The lowest BCUT2D eigenvalue weighted by Gasteiger charge is -2.38. The van der Waals surface area contributed by atoms with Gasteiger partial charge in [-0.1, -0.05) is 6.08 Å². The Balaban J connectivity index is 2.46. The summed E-state index contributed by atoms with van der Waals surface area (Å²) in [6, 6.07) is -0.123. The van der Waals surface area contributed by atoms with Gasteiger partial charge in [-0.05, 0) is 14.1 Å². The van der Waals surface area contributed by atoms with Crippen molar-refractivity contribution in [2.75, 3.05) is 53.4 Å². The van der Waals surface area contributed by atoms with Gasteiger partial charge in [0.05, 0.1) is 0 Å². The van der Waals surface area contributed by atoms with Gasteiger partial charge in [-0.3, -0.25) is 9.69 Å². The second-order valence-electron chi connectivity index (χ2n) is 5.15. The first-order valence-corrected chi connectivity index (χ1v) is 6.68. The van der Waals surface area contributed by atoms with Gasteiger partial charge in [-0.2, -0.15) is 0 Å². The predicted molar refractivity (Wildman–Crippen MR) is 76.7 cm³/mol. The summed E-state index contributed by atoms with van der Waals surface area (Å²) in [4.78, 5) is 28.3. The number of nitrogens with zero attached hydrogens (tertiary/aromatic N) is 3. The summed E-state index contributed by atoms with van der Waals surface area (Å²) in [6.45, 7) is 6.80. The topological polar surface area (TPSA) is 76.1 Å². The first-order chi connectivity index (χ1) is 9.43. The summed E-state index contributed by atoms with van der Waals surface area (Å²) >= 11 is 0. The van der Waals surface area contributed by atoms with Gasteiger partial charge < -0.3 is 20.2 Å². The van der Waals surface area contributed by atoms with Gasteiger partial charge >= 0.3 is 12.0 Å². The van der Waals surface area contributed by atoms with E-state index in [0.29, 0.717) is 6.54 Å². The number of urea groups is 1. The van der Waals surface area contributed by atoms with Crippen molar-refractivity contribution in [3.8, 4) is 0 Å². The van der Waals surface area contributed by atoms with Crippen molar-refractivity contribution in [3.05, 3.63) is 12.7 Å². The molecule has 1 aliphatic heterocycles. The Morgan fingerprint density at radius 1 is 1.45 bits per heavy atom. The highest BCUT2D eigenvalue weighted by Gasteiger charge is 2.23. The first kappa shape index (κ1) is 16.5. The fourth-order valence-electron chi connectivity index (χ4n) is 2.18. The molecule has 2 N–H and O–H groups in total. The maximum Gasteiger partial charge on any atom is 0.323 e. The Labute approximate surface area is 119 Å². The lowest BCUT2D eigenvalue weighted by Crippen LogP contribution is -2.55. The SMILES string of the molecule is C=CCN(CC(=O)O)C(=O)NCC1CN(C)CCN1C. The lowest BCUT2D eigenvalue weighted by atomic mass is 10.2. The largest absolute Gasteiger partial charge is 0.480 e. The summed E-state index contributed by atoms with van der Waals surface area (Å²) < 4.78 is 0. The normalized spacial score (nSPS) is 20.4. The van der Waals surface area contributed by atoms with Crippen LogP contribution in [-0.2, 0) is 4.79 Å². The highest BCUT2D eigenvalue weighted by molar-refractivity contribution is 5.80. The molecule has 1 saturated heterocycles. The number of likely N-dealkylation sites (N-methyl/N-ethyl adjacent to an activating group) is 2. The molecule has 20 heavy (non-hydrogen) atoms. The van der Waals surface area contributed by atoms with E-state index in [0.717, 1.165) is 19.6 Å². The Morgan fingerprint density at radius 3 is 2.75 bits per heavy atom. The Hall–Kier alpha value is -1.60. The average molecular weight is 284 g/mol. The van der Waals surface area contributed by atoms with Crippen LogP contribution in [0.5, 0.6) is 0 Å². The minimum absolute atomic E-state index is 0.221. The molecule has 0 aromatic carbocycles. The lowest BCUT2D eigenvalue weighted by molar-refractivity contribution is -0.137. The molecule has 1 unspecified atom stereocenters. The molecule has 7 heteroatoms. The smallest absolute Gasteiger partial charge is 0.323 e. The summed E-state index contributed by atoms with van der Waals surface area (Å²) in [6.07, 6.45) is 1.52. The molecule has 0 aromatic heterocycles. The van der Waals surface area contributed by atoms with Crippen LogP contribution in [0.2, 0.25) is 0 Å². The van der Waals surface area contributed by atoms with Gasteiger partial charge in [-0.25, -0.2) is 4.79 Å². The third-order valence-corrected chi connectivity index (χ3v) is 3.43. The van der Waals surface area contributed by atoms with Gasteiger partial charge in [0.1, 0.15) is 6.54 Å². The number of carbonyl (C=O) groups is 2. The summed E-state index contributed by atoms with van der Waals surface area (Å²) in [5.74, 6) is -1.03. The quantitative estimate of drug-likeness (QED) is 0.644. The number of amides is 2. The van der Waals surface area contributed by atoms with E-state index in [2.05, 4.69) is 28.7 Å². The number of rotatable bonds is 6. The molecule has 1 heterocycles. The molecule has 0 spiro atoms. The molecule has 1 atom stereocenters. The molecule has 114 valence electrons. The number of nitrogens with one attached hydrogen (secondary N) is 1. The molecule has 0 aromatic rings. The highest BCUT2D eigenvalue weighted by atomic mass is 16.4. The number of piperazine rings is 1. The zero-order valence-corrected chi connectivity index (χ0v) is 12.2. The van der Waals surface area contributed by atoms with Gasteiger partial charge in [-0.15, -0.1) is 6.58 Å². The van der Waals surface area contributed by atoms with Gasteiger partial charge in [0.25, 0.3) is 0 Å². The number of carbonyl (C=O) groups excluding carboxylic acids is 1. The minimum Gasteiger partial charge on any atom is -0.480 e. The highest BCUT2D eigenvalue weighted by Crippen LogP contribution is 2.05. The molecule has 7 nitrogen and oxygen atoms in total. The van der Waals surface area contributed by atoms with Crippen LogP contribution in [-0.4, -0.2) is 91.2 Å². The van der Waals surface area contributed by atoms with E-state index in [9.17, 15) is 9.59 Å². The van der Waals surface area contributed by atoms with Gasteiger partial charge in [0, 0.05) is 38.8 Å². The van der Waals surface area contributed by atoms with Crippen molar-refractivity contribution >= 4 is 12.0 Å². The van der Waals surface area contributed by atoms with Crippen molar-refractivity contribution < 1.29 is 14.7 Å². The molecular formula is C13H24N4O3. The number of carboxylic acids is 1. The zero-order valence-electron chi connectivity index (χ0n) is 12.2. The van der Waals surface area contributed by atoms with Crippen LogP contribution in [0.3, 0.4) is 0 Å². The molecule has 1 fully saturated rings. The second kappa shape index (κ2) is 7.86. The van der Waals surface area contributed by atoms with Gasteiger partial charge in [0.2, 0.25) is 0 Å². The van der Waals surface area contributed by atoms with E-state index < -0.39 is 5.97 Å². The maximum absolute atomic E-state index is 12.0. The molecule has 1 aliphatic rings. The molecule has 2 amide bonds. The average Bonchev–Trinajstić information content (AvgIpc) is 2.38. The standard InChI is InChI=1S/C13H24N4O3/c1-4-5-17(10-12(18)19)13(20)14-8-11-9-15(2)6-7-16(11)3/h4,11H,1,5-10H2,2-3H3,(H,14,20)(H,18,19). The van der Waals surface area contributed by atoms with E-state index in [1.165, 1.54) is 11.0 Å². The number of carboxylic acid groups (broad SMARTS) is 1. The summed E-state index contributed by atoms with van der Waals surface area (Å²) in [5.41, 5.74) is 0. The number of hydrogen-bond donors (Lipinski definition) is 2. The number of aliphatic carboxylic acids is 1. The Bertz CT molecular complexity index is 362. The van der Waals surface area contributed by atoms with Crippen LogP contribution in [0.25, 0.3) is 0 Å². The first-order valence-electron chi connectivity index (χ1n) is 6.68. The van der Waals surface area contributed by atoms with Crippen LogP contribution in [0, 0.1) is 0 Å². The minimum atomic E-state index is -1.03. The fraction of sp³-hybridized carbons (Fsp3) is 0.692. The Morgan fingerprint density at radius 2 is 2.15 bits per heavy atom. The van der Waals surface area contributed by atoms with Crippen LogP contribution in [0.1, 0.15) is 0 Å². The van der Waals surface area contributed by atoms with Crippen LogP contribution in [0.4, 0.5) is 4.79 Å². The molecule has 1 rings (SSSR count). The molecular weight excluding hydrogens is 260 g/mol. The van der Waals surface area contributed by atoms with E-state index in [1.807, 2.05) is 7.05 Å². The van der Waals surface area contributed by atoms with Crippen LogP contribution >= 0.6 is 0 Å².